The van der Waals surface area contributed by atoms with E-state index >= 15 is 0 Å². The number of aliphatic hydroxyl groups is 1. The molecule has 1 saturated heterocycles. The molecule has 0 spiro atoms. The van der Waals surface area contributed by atoms with Crippen LogP contribution in [0.4, 0.5) is 0 Å². The molecule has 1 saturated carbocycles. The van der Waals surface area contributed by atoms with Gasteiger partial charge in [0.15, 0.2) is 0 Å². The highest BCUT2D eigenvalue weighted by Gasteiger charge is 2.37. The Balaban J connectivity index is 1.93. The minimum absolute atomic E-state index is 0.0264. The molecular weight excluding hydrogens is 202 g/mol. The van der Waals surface area contributed by atoms with Crippen molar-refractivity contribution in [2.75, 3.05) is 32.9 Å². The second kappa shape index (κ2) is 5.48. The molecule has 3 nitrogen and oxygen atoms in total. The van der Waals surface area contributed by atoms with Gasteiger partial charge in [0, 0.05) is 24.6 Å². The van der Waals surface area contributed by atoms with Crippen molar-refractivity contribution in [2.45, 2.75) is 45.1 Å². The summed E-state index contributed by atoms with van der Waals surface area (Å²) >= 11 is 0. The van der Waals surface area contributed by atoms with Crippen LogP contribution in [-0.2, 0) is 4.74 Å². The number of ether oxygens (including phenoxy) is 1. The third kappa shape index (κ3) is 2.58. The van der Waals surface area contributed by atoms with Gasteiger partial charge in [-0.1, -0.05) is 19.8 Å². The first-order chi connectivity index (χ1) is 7.79. The van der Waals surface area contributed by atoms with Crippen molar-refractivity contribution < 1.29 is 9.84 Å². The molecule has 1 heterocycles. The van der Waals surface area contributed by atoms with Gasteiger partial charge in [0.2, 0.25) is 0 Å². The maximum absolute atomic E-state index is 9.60. The largest absolute Gasteiger partial charge is 0.396 e. The second-order valence-electron chi connectivity index (χ2n) is 5.46. The summed E-state index contributed by atoms with van der Waals surface area (Å²) < 4.78 is 5.47. The third-order valence-electron chi connectivity index (χ3n) is 4.31. The molecule has 0 aromatic heterocycles. The Hall–Kier alpha value is -0.120. The highest BCUT2D eigenvalue weighted by Crippen LogP contribution is 2.32. The Morgan fingerprint density at radius 2 is 2.12 bits per heavy atom. The summed E-state index contributed by atoms with van der Waals surface area (Å²) in [6.45, 7) is 6.20. The Morgan fingerprint density at radius 1 is 1.38 bits per heavy atom. The van der Waals surface area contributed by atoms with Crippen LogP contribution in [0.15, 0.2) is 0 Å². The van der Waals surface area contributed by atoms with Crippen molar-refractivity contribution in [3.05, 3.63) is 0 Å². The quantitative estimate of drug-likeness (QED) is 0.775. The van der Waals surface area contributed by atoms with E-state index in [1.807, 2.05) is 0 Å². The monoisotopic (exact) mass is 227 g/mol. The molecular formula is C13H25NO2. The molecule has 1 aliphatic carbocycles. The molecule has 2 rings (SSSR count). The van der Waals surface area contributed by atoms with Gasteiger partial charge in [-0.15, -0.1) is 0 Å². The maximum atomic E-state index is 9.60. The van der Waals surface area contributed by atoms with Crippen LogP contribution in [0.1, 0.15) is 39.0 Å². The van der Waals surface area contributed by atoms with Gasteiger partial charge in [-0.3, -0.25) is 4.90 Å². The van der Waals surface area contributed by atoms with Gasteiger partial charge in [-0.05, 0) is 25.8 Å². The van der Waals surface area contributed by atoms with Gasteiger partial charge in [0.25, 0.3) is 0 Å². The highest BCUT2D eigenvalue weighted by molar-refractivity contribution is 4.88. The summed E-state index contributed by atoms with van der Waals surface area (Å²) in [5, 5.41) is 9.60. The Labute approximate surface area is 98.8 Å². The van der Waals surface area contributed by atoms with Crippen LogP contribution in [0.3, 0.4) is 0 Å². The summed E-state index contributed by atoms with van der Waals surface area (Å²) in [6, 6.07) is 0.758. The van der Waals surface area contributed by atoms with E-state index in [1.54, 1.807) is 0 Å². The minimum atomic E-state index is 0.0264. The van der Waals surface area contributed by atoms with Crippen molar-refractivity contribution in [3.63, 3.8) is 0 Å². The molecule has 16 heavy (non-hydrogen) atoms. The van der Waals surface area contributed by atoms with E-state index in [1.165, 1.54) is 25.7 Å². The first-order valence-electron chi connectivity index (χ1n) is 6.72. The van der Waals surface area contributed by atoms with Crippen LogP contribution in [0.25, 0.3) is 0 Å². The molecule has 1 atom stereocenters. The lowest BCUT2D eigenvalue weighted by molar-refractivity contribution is 0.0441. The van der Waals surface area contributed by atoms with Crippen LogP contribution in [-0.4, -0.2) is 49.0 Å². The van der Waals surface area contributed by atoms with Gasteiger partial charge in [0.05, 0.1) is 13.2 Å². The molecule has 0 bridgehead atoms. The van der Waals surface area contributed by atoms with E-state index in [0.29, 0.717) is 0 Å². The van der Waals surface area contributed by atoms with Crippen LogP contribution < -0.4 is 0 Å². The summed E-state index contributed by atoms with van der Waals surface area (Å²) in [5.41, 5.74) is 0.0264. The lowest BCUT2D eigenvalue weighted by atomic mass is 9.87. The van der Waals surface area contributed by atoms with Gasteiger partial charge >= 0.3 is 0 Å². The zero-order valence-electron chi connectivity index (χ0n) is 10.5. The predicted octanol–water partition coefficient (Wildman–Crippen LogP) is 1.65. The predicted molar refractivity (Wildman–Crippen MR) is 64.5 cm³/mol. The Kier molecular flexibility index (Phi) is 4.22. The lowest BCUT2D eigenvalue weighted by Crippen LogP contribution is -2.44. The van der Waals surface area contributed by atoms with Crippen LogP contribution in [0.5, 0.6) is 0 Å². The molecule has 3 heteroatoms. The molecule has 2 fully saturated rings. The Morgan fingerprint density at radius 3 is 2.62 bits per heavy atom. The second-order valence-corrected chi connectivity index (χ2v) is 5.46. The molecule has 0 aromatic carbocycles. The van der Waals surface area contributed by atoms with Crippen LogP contribution in [0.2, 0.25) is 0 Å². The molecule has 2 aliphatic rings. The summed E-state index contributed by atoms with van der Waals surface area (Å²) in [6.07, 6.45) is 6.46. The van der Waals surface area contributed by atoms with Gasteiger partial charge < -0.3 is 9.84 Å². The van der Waals surface area contributed by atoms with Crippen molar-refractivity contribution >= 4 is 0 Å². The molecule has 0 radical (unpaired) electrons. The number of nitrogens with zero attached hydrogens (tertiary/aromatic N) is 1. The van der Waals surface area contributed by atoms with Gasteiger partial charge in [-0.25, -0.2) is 0 Å². The summed E-state index contributed by atoms with van der Waals surface area (Å²) in [5.74, 6) is 0. The fourth-order valence-corrected chi connectivity index (χ4v) is 3.15. The van der Waals surface area contributed by atoms with Crippen molar-refractivity contribution in [3.8, 4) is 0 Å². The first-order valence-corrected chi connectivity index (χ1v) is 6.72. The average molecular weight is 227 g/mol. The van der Waals surface area contributed by atoms with Gasteiger partial charge in [0.1, 0.15) is 0 Å². The van der Waals surface area contributed by atoms with Gasteiger partial charge in [-0.2, -0.15) is 0 Å². The lowest BCUT2D eigenvalue weighted by Gasteiger charge is -2.35. The zero-order chi connectivity index (χ0) is 11.4. The summed E-state index contributed by atoms with van der Waals surface area (Å²) in [7, 11) is 0. The Bertz CT molecular complexity index is 208. The maximum Gasteiger partial charge on any atom is 0.0557 e. The molecule has 0 amide bonds. The van der Waals surface area contributed by atoms with Crippen molar-refractivity contribution in [2.24, 2.45) is 5.41 Å². The third-order valence-corrected chi connectivity index (χ3v) is 4.31. The number of hydrogen-bond acceptors (Lipinski definition) is 3. The fourth-order valence-electron chi connectivity index (χ4n) is 3.15. The fraction of sp³-hybridized carbons (Fsp3) is 1.00. The normalized spacial score (nSPS) is 31.7. The van der Waals surface area contributed by atoms with Crippen molar-refractivity contribution in [1.82, 2.24) is 4.90 Å². The summed E-state index contributed by atoms with van der Waals surface area (Å²) in [4.78, 5) is 2.57. The molecule has 0 aromatic rings. The van der Waals surface area contributed by atoms with E-state index in [4.69, 9.17) is 4.74 Å². The van der Waals surface area contributed by atoms with E-state index in [2.05, 4.69) is 11.8 Å². The zero-order valence-corrected chi connectivity index (χ0v) is 10.5. The van der Waals surface area contributed by atoms with E-state index < -0.39 is 0 Å². The molecule has 94 valence electrons. The number of hydrogen-bond donors (Lipinski definition) is 1. The average Bonchev–Trinajstić information content (AvgIpc) is 2.98. The van der Waals surface area contributed by atoms with E-state index in [9.17, 15) is 5.11 Å². The van der Waals surface area contributed by atoms with Crippen LogP contribution in [0, 0.1) is 5.41 Å². The van der Waals surface area contributed by atoms with Crippen molar-refractivity contribution in [1.29, 1.82) is 0 Å². The number of rotatable bonds is 5. The molecule has 1 N–H and O–H groups in total. The van der Waals surface area contributed by atoms with E-state index in [0.717, 1.165) is 38.8 Å². The SMILES string of the molecule is CCN(CC1(CO)CCOC1)C1CCCC1. The smallest absolute Gasteiger partial charge is 0.0557 e. The molecule has 1 unspecified atom stereocenters. The minimum Gasteiger partial charge on any atom is -0.396 e. The first kappa shape index (κ1) is 12.3. The van der Waals surface area contributed by atoms with Crippen LogP contribution >= 0.6 is 0 Å². The molecule has 1 aliphatic heterocycles. The topological polar surface area (TPSA) is 32.7 Å². The standard InChI is InChI=1S/C13H25NO2/c1-2-14(12-5-3-4-6-12)9-13(10-15)7-8-16-11-13/h12,15H,2-11H2,1H3. The van der Waals surface area contributed by atoms with E-state index in [-0.39, 0.29) is 12.0 Å². The number of aliphatic hydroxyl groups excluding tert-OH is 1. The highest BCUT2D eigenvalue weighted by atomic mass is 16.5.